The Bertz CT molecular complexity index is 172. The molecular formula is C7H12INO3. The van der Waals surface area contributed by atoms with Gasteiger partial charge in [0.05, 0.1) is 29.0 Å². The highest BCUT2D eigenvalue weighted by molar-refractivity contribution is 14.1. The Kier molecular flexibility index (Phi) is 6.04. The van der Waals surface area contributed by atoms with Crippen LogP contribution in [0.4, 0.5) is 0 Å². The Balaban J connectivity index is 3.66. The van der Waals surface area contributed by atoms with Gasteiger partial charge in [-0.15, -0.1) is 0 Å². The highest BCUT2D eigenvalue weighted by atomic mass is 127. The predicted octanol–water partition coefficient (Wildman–Crippen LogP) is 1.18. The number of carbonyl (C=O) groups is 2. The molecule has 1 amide bonds. The van der Waals surface area contributed by atoms with Gasteiger partial charge in [0.1, 0.15) is 6.42 Å². The van der Waals surface area contributed by atoms with E-state index in [2.05, 4.69) is 3.53 Å². The van der Waals surface area contributed by atoms with Crippen molar-refractivity contribution in [2.75, 3.05) is 0 Å². The number of rotatable bonds is 4. The normalized spacial score (nSPS) is 11.9. The molecule has 0 aromatic rings. The second-order valence-corrected chi connectivity index (χ2v) is 2.94. The van der Waals surface area contributed by atoms with E-state index in [1.807, 2.05) is 6.92 Å². The highest BCUT2D eigenvalue weighted by Gasteiger charge is 2.11. The molecule has 0 rings (SSSR count). The molecule has 1 N–H and O–H groups in total. The lowest BCUT2D eigenvalue weighted by atomic mass is 10.3. The van der Waals surface area contributed by atoms with Crippen molar-refractivity contribution < 1.29 is 14.3 Å². The third kappa shape index (κ3) is 5.34. The second kappa shape index (κ2) is 6.22. The average Bonchev–Trinajstić information content (AvgIpc) is 2.03. The Morgan fingerprint density at radius 1 is 1.58 bits per heavy atom. The quantitative estimate of drug-likeness (QED) is 0.365. The van der Waals surface area contributed by atoms with Gasteiger partial charge in [0.15, 0.2) is 0 Å². The summed E-state index contributed by atoms with van der Waals surface area (Å²) in [5, 5.41) is 0. The summed E-state index contributed by atoms with van der Waals surface area (Å²) in [6.07, 6.45) is 0.449. The van der Waals surface area contributed by atoms with E-state index in [0.717, 1.165) is 6.42 Å². The van der Waals surface area contributed by atoms with E-state index < -0.39 is 5.97 Å². The molecule has 0 saturated heterocycles. The first-order valence-corrected chi connectivity index (χ1v) is 4.77. The van der Waals surface area contributed by atoms with Crippen molar-refractivity contribution in [1.29, 1.82) is 0 Å². The van der Waals surface area contributed by atoms with Gasteiger partial charge in [-0.2, -0.15) is 0 Å². The maximum absolute atomic E-state index is 10.9. The monoisotopic (exact) mass is 285 g/mol. The summed E-state index contributed by atoms with van der Waals surface area (Å²) in [6.45, 7) is 3.70. The summed E-state index contributed by atoms with van der Waals surface area (Å²) >= 11 is 1.68. The first-order valence-electron chi connectivity index (χ1n) is 3.69. The highest BCUT2D eigenvalue weighted by Crippen LogP contribution is 1.98. The summed E-state index contributed by atoms with van der Waals surface area (Å²) in [5.41, 5.74) is 0. The molecule has 0 spiro atoms. The van der Waals surface area contributed by atoms with Crippen LogP contribution < -0.4 is 3.53 Å². The van der Waals surface area contributed by atoms with E-state index in [4.69, 9.17) is 4.74 Å². The maximum atomic E-state index is 10.9. The maximum Gasteiger partial charge on any atom is 0.315 e. The van der Waals surface area contributed by atoms with Crippen LogP contribution in [0.25, 0.3) is 0 Å². The predicted molar refractivity (Wildman–Crippen MR) is 52.6 cm³/mol. The fourth-order valence-electron chi connectivity index (χ4n) is 0.514. The molecule has 0 fully saturated rings. The summed E-state index contributed by atoms with van der Waals surface area (Å²) in [7, 11) is 0. The molecule has 0 aliphatic carbocycles. The zero-order chi connectivity index (χ0) is 9.56. The number of hydrogen-bond donors (Lipinski definition) is 1. The second-order valence-electron chi connectivity index (χ2n) is 2.40. The first-order chi connectivity index (χ1) is 5.60. The van der Waals surface area contributed by atoms with Gasteiger partial charge in [0, 0.05) is 0 Å². The largest absolute Gasteiger partial charge is 0.462 e. The van der Waals surface area contributed by atoms with E-state index in [1.54, 1.807) is 29.8 Å². The lowest BCUT2D eigenvalue weighted by Gasteiger charge is -2.09. The first kappa shape index (κ1) is 11.7. The molecule has 0 aromatic carbocycles. The van der Waals surface area contributed by atoms with E-state index >= 15 is 0 Å². The van der Waals surface area contributed by atoms with Gasteiger partial charge in [-0.05, 0) is 13.3 Å². The molecule has 12 heavy (non-hydrogen) atoms. The molecule has 1 atom stereocenters. The molecule has 0 radical (unpaired) electrons. The number of ether oxygens (including phenoxy) is 1. The molecule has 0 heterocycles. The number of hydrogen-bond acceptors (Lipinski definition) is 3. The molecule has 1 unspecified atom stereocenters. The molecule has 4 nitrogen and oxygen atoms in total. The molecule has 70 valence electrons. The molecule has 0 aliphatic heterocycles. The number of amides is 1. The van der Waals surface area contributed by atoms with Crippen LogP contribution in [0.1, 0.15) is 26.7 Å². The molecule has 0 bridgehead atoms. The van der Waals surface area contributed by atoms with Crippen LogP contribution in [0.2, 0.25) is 0 Å². The summed E-state index contributed by atoms with van der Waals surface area (Å²) < 4.78 is 7.19. The number of esters is 1. The zero-order valence-electron chi connectivity index (χ0n) is 7.09. The summed E-state index contributed by atoms with van der Waals surface area (Å²) in [4.78, 5) is 21.6. The SMILES string of the molecule is CCC(C)OC(=O)CC(=O)NI. The van der Waals surface area contributed by atoms with Crippen LogP contribution in [0, 0.1) is 0 Å². The lowest BCUT2D eigenvalue weighted by Crippen LogP contribution is -2.21. The van der Waals surface area contributed by atoms with Gasteiger partial charge in [-0.1, -0.05) is 6.92 Å². The van der Waals surface area contributed by atoms with E-state index in [1.165, 1.54) is 0 Å². The molecule has 0 aliphatic rings. The summed E-state index contributed by atoms with van der Waals surface area (Å²) in [6, 6.07) is 0. The molecular weight excluding hydrogens is 273 g/mol. The van der Waals surface area contributed by atoms with Crippen molar-refractivity contribution in [2.45, 2.75) is 32.8 Å². The van der Waals surface area contributed by atoms with Crippen LogP contribution in [0.15, 0.2) is 0 Å². The average molecular weight is 285 g/mol. The van der Waals surface area contributed by atoms with Crippen LogP contribution in [0.3, 0.4) is 0 Å². The van der Waals surface area contributed by atoms with Crippen molar-refractivity contribution >= 4 is 34.7 Å². The Morgan fingerprint density at radius 3 is 2.58 bits per heavy atom. The Hall–Kier alpha value is -0.330. The number of nitrogens with one attached hydrogen (secondary N) is 1. The number of halogens is 1. The van der Waals surface area contributed by atoms with Crippen molar-refractivity contribution in [3.8, 4) is 0 Å². The molecule has 5 heteroatoms. The minimum Gasteiger partial charge on any atom is -0.462 e. The van der Waals surface area contributed by atoms with Crippen molar-refractivity contribution in [2.24, 2.45) is 0 Å². The van der Waals surface area contributed by atoms with E-state index in [0.29, 0.717) is 0 Å². The van der Waals surface area contributed by atoms with E-state index in [-0.39, 0.29) is 18.4 Å². The van der Waals surface area contributed by atoms with E-state index in [9.17, 15) is 9.59 Å². The van der Waals surface area contributed by atoms with Crippen LogP contribution >= 0.6 is 22.9 Å². The van der Waals surface area contributed by atoms with Gasteiger partial charge in [0.25, 0.3) is 0 Å². The van der Waals surface area contributed by atoms with Crippen LogP contribution in [-0.2, 0) is 14.3 Å². The topological polar surface area (TPSA) is 55.4 Å². The van der Waals surface area contributed by atoms with Crippen molar-refractivity contribution in [1.82, 2.24) is 3.53 Å². The fraction of sp³-hybridized carbons (Fsp3) is 0.714. The Labute approximate surface area is 85.5 Å². The minimum absolute atomic E-state index is 0.112. The van der Waals surface area contributed by atoms with Crippen LogP contribution in [-0.4, -0.2) is 18.0 Å². The van der Waals surface area contributed by atoms with Gasteiger partial charge in [-0.3, -0.25) is 13.1 Å². The van der Waals surface area contributed by atoms with Crippen LogP contribution in [0.5, 0.6) is 0 Å². The lowest BCUT2D eigenvalue weighted by molar-refractivity contribution is -0.150. The van der Waals surface area contributed by atoms with Gasteiger partial charge >= 0.3 is 5.97 Å². The van der Waals surface area contributed by atoms with Crippen molar-refractivity contribution in [3.05, 3.63) is 0 Å². The van der Waals surface area contributed by atoms with Gasteiger partial charge in [0.2, 0.25) is 5.91 Å². The summed E-state index contributed by atoms with van der Waals surface area (Å²) in [5.74, 6) is -0.803. The smallest absolute Gasteiger partial charge is 0.315 e. The Morgan fingerprint density at radius 2 is 2.17 bits per heavy atom. The third-order valence-electron chi connectivity index (χ3n) is 1.32. The molecule has 0 saturated carbocycles. The standard InChI is InChI=1S/C7H12INO3/c1-3-5(2)12-7(11)4-6(10)9-8/h5H,3-4H2,1-2H3,(H,9,10). The van der Waals surface area contributed by atoms with Crippen molar-refractivity contribution in [3.63, 3.8) is 0 Å². The number of carbonyl (C=O) groups excluding carboxylic acids is 2. The molecule has 0 aromatic heterocycles. The van der Waals surface area contributed by atoms with Gasteiger partial charge < -0.3 is 4.74 Å². The zero-order valence-corrected chi connectivity index (χ0v) is 9.25. The minimum atomic E-state index is -0.474. The third-order valence-corrected chi connectivity index (χ3v) is 1.92. The fourth-order valence-corrected chi connectivity index (χ4v) is 0.705. The van der Waals surface area contributed by atoms with Gasteiger partial charge in [-0.25, -0.2) is 0 Å².